The van der Waals surface area contributed by atoms with Crippen LogP contribution in [0.3, 0.4) is 0 Å². The van der Waals surface area contributed by atoms with Crippen molar-refractivity contribution in [3.63, 3.8) is 0 Å². The smallest absolute Gasteiger partial charge is 0.288 e. The number of aliphatic hydroxyl groups is 1. The van der Waals surface area contributed by atoms with Gasteiger partial charge in [0.05, 0.1) is 44.5 Å². The highest BCUT2D eigenvalue weighted by Crippen LogP contribution is 2.30. The molecule has 0 spiro atoms. The van der Waals surface area contributed by atoms with Gasteiger partial charge >= 0.3 is 0 Å². The summed E-state index contributed by atoms with van der Waals surface area (Å²) in [4.78, 5) is 10.7. The van der Waals surface area contributed by atoms with E-state index < -0.39 is 4.92 Å². The van der Waals surface area contributed by atoms with E-state index in [1.165, 1.54) is 33.5 Å². The summed E-state index contributed by atoms with van der Waals surface area (Å²) in [5.41, 5.74) is 1.16. The van der Waals surface area contributed by atoms with E-state index in [0.717, 1.165) is 0 Å². The topological polar surface area (TPSA) is 91.1 Å². The molecular formula is C18H17NO6. The number of hydrogen-bond acceptors (Lipinski definition) is 6. The first-order valence-corrected chi connectivity index (χ1v) is 7.24. The first-order chi connectivity index (χ1) is 12.0. The van der Waals surface area contributed by atoms with Gasteiger partial charge in [-0.05, 0) is 24.3 Å². The zero-order valence-corrected chi connectivity index (χ0v) is 14.0. The normalized spacial score (nSPS) is 9.76. The molecule has 2 aromatic rings. The summed E-state index contributed by atoms with van der Waals surface area (Å²) in [6.45, 7) is -0.246. The third-order valence-corrected chi connectivity index (χ3v) is 3.51. The van der Waals surface area contributed by atoms with Crippen LogP contribution in [-0.4, -0.2) is 31.4 Å². The monoisotopic (exact) mass is 343 g/mol. The summed E-state index contributed by atoms with van der Waals surface area (Å²) in [7, 11) is 4.38. The number of nitro benzene ring substituents is 1. The van der Waals surface area contributed by atoms with Crippen molar-refractivity contribution < 1.29 is 24.2 Å². The summed E-state index contributed by atoms with van der Waals surface area (Å²) >= 11 is 0. The van der Waals surface area contributed by atoms with Crippen molar-refractivity contribution in [3.8, 4) is 29.1 Å². The number of hydrogen-bond donors (Lipinski definition) is 1. The van der Waals surface area contributed by atoms with Gasteiger partial charge in [0.2, 0.25) is 0 Å². The highest BCUT2D eigenvalue weighted by molar-refractivity contribution is 5.58. The first-order valence-electron chi connectivity index (χ1n) is 7.24. The second-order valence-corrected chi connectivity index (χ2v) is 4.91. The van der Waals surface area contributed by atoms with Crippen LogP contribution in [0.1, 0.15) is 16.7 Å². The molecule has 0 saturated heterocycles. The molecule has 0 unspecified atom stereocenters. The number of benzene rings is 2. The molecule has 25 heavy (non-hydrogen) atoms. The summed E-state index contributed by atoms with van der Waals surface area (Å²) < 4.78 is 15.5. The van der Waals surface area contributed by atoms with E-state index in [1.54, 1.807) is 18.2 Å². The number of rotatable bonds is 5. The Kier molecular flexibility index (Phi) is 5.82. The Bertz CT molecular complexity index is 825. The molecular weight excluding hydrogens is 326 g/mol. The van der Waals surface area contributed by atoms with E-state index in [9.17, 15) is 15.2 Å². The van der Waals surface area contributed by atoms with Gasteiger partial charge in [0.25, 0.3) is 5.69 Å². The van der Waals surface area contributed by atoms with Crippen molar-refractivity contribution in [3.05, 3.63) is 57.1 Å². The molecule has 0 aliphatic heterocycles. The van der Waals surface area contributed by atoms with E-state index in [1.807, 2.05) is 0 Å². The molecule has 0 amide bonds. The Balaban J connectivity index is 2.50. The quantitative estimate of drug-likeness (QED) is 0.510. The van der Waals surface area contributed by atoms with Crippen molar-refractivity contribution >= 4 is 5.69 Å². The lowest BCUT2D eigenvalue weighted by atomic mass is 10.1. The van der Waals surface area contributed by atoms with Gasteiger partial charge in [0, 0.05) is 5.56 Å². The molecule has 0 aliphatic rings. The lowest BCUT2D eigenvalue weighted by Gasteiger charge is -2.11. The molecule has 0 aromatic heterocycles. The molecule has 7 nitrogen and oxygen atoms in total. The second kappa shape index (κ2) is 8.04. The average molecular weight is 343 g/mol. The summed E-state index contributed by atoms with van der Waals surface area (Å²) in [5.74, 6) is 6.87. The zero-order chi connectivity index (χ0) is 18.4. The molecule has 2 aromatic carbocycles. The largest absolute Gasteiger partial charge is 0.497 e. The van der Waals surface area contributed by atoms with Gasteiger partial charge < -0.3 is 19.3 Å². The zero-order valence-electron chi connectivity index (χ0n) is 14.0. The molecule has 130 valence electrons. The minimum Gasteiger partial charge on any atom is -0.497 e. The van der Waals surface area contributed by atoms with Crippen LogP contribution in [0.5, 0.6) is 17.2 Å². The average Bonchev–Trinajstić information content (AvgIpc) is 2.64. The lowest BCUT2D eigenvalue weighted by Crippen LogP contribution is -1.98. The third kappa shape index (κ3) is 4.00. The number of methoxy groups -OCH3 is 3. The lowest BCUT2D eigenvalue weighted by molar-refractivity contribution is -0.385. The van der Waals surface area contributed by atoms with E-state index >= 15 is 0 Å². The van der Waals surface area contributed by atoms with E-state index in [2.05, 4.69) is 11.8 Å². The molecule has 1 N–H and O–H groups in total. The van der Waals surface area contributed by atoms with Crippen molar-refractivity contribution in [2.45, 2.75) is 6.61 Å². The molecule has 0 radical (unpaired) electrons. The summed E-state index contributed by atoms with van der Waals surface area (Å²) in [6, 6.07) is 7.72. The van der Waals surface area contributed by atoms with Gasteiger partial charge in [-0.2, -0.15) is 0 Å². The maximum atomic E-state index is 11.2. The van der Waals surface area contributed by atoms with Crippen molar-refractivity contribution in [2.75, 3.05) is 21.3 Å². The molecule has 7 heteroatoms. The predicted molar refractivity (Wildman–Crippen MR) is 91.1 cm³/mol. The van der Waals surface area contributed by atoms with Crippen LogP contribution in [-0.2, 0) is 6.61 Å². The van der Waals surface area contributed by atoms with Crippen LogP contribution in [0, 0.1) is 22.0 Å². The molecule has 0 saturated carbocycles. The van der Waals surface area contributed by atoms with Crippen molar-refractivity contribution in [2.24, 2.45) is 0 Å². The maximum absolute atomic E-state index is 11.2. The van der Waals surface area contributed by atoms with Gasteiger partial charge in [0.1, 0.15) is 22.8 Å². The number of nitro groups is 1. The van der Waals surface area contributed by atoms with Gasteiger partial charge in [-0.25, -0.2) is 0 Å². The standard InChI is InChI=1S/C18H17NO6/c1-23-14-7-6-13(16(10-14)19(21)22)5-4-12-8-17(24-2)15(11-20)18(9-12)25-3/h6-10,20H,11H2,1-3H3. The van der Waals surface area contributed by atoms with Crippen molar-refractivity contribution in [1.29, 1.82) is 0 Å². The van der Waals surface area contributed by atoms with Crippen LogP contribution in [0.2, 0.25) is 0 Å². The van der Waals surface area contributed by atoms with Crippen LogP contribution in [0.4, 0.5) is 5.69 Å². The molecule has 0 heterocycles. The van der Waals surface area contributed by atoms with Crippen LogP contribution >= 0.6 is 0 Å². The minimum atomic E-state index is -0.511. The van der Waals surface area contributed by atoms with E-state index in [4.69, 9.17) is 14.2 Å². The van der Waals surface area contributed by atoms with E-state index in [-0.39, 0.29) is 17.9 Å². The Morgan fingerprint density at radius 1 is 1.04 bits per heavy atom. The van der Waals surface area contributed by atoms with Crippen LogP contribution < -0.4 is 14.2 Å². The van der Waals surface area contributed by atoms with Crippen LogP contribution in [0.25, 0.3) is 0 Å². The first kappa shape index (κ1) is 18.1. The third-order valence-electron chi connectivity index (χ3n) is 3.51. The Morgan fingerprint density at radius 2 is 1.68 bits per heavy atom. The SMILES string of the molecule is COc1ccc(C#Cc2cc(OC)c(CO)c(OC)c2)c([N+](=O)[O-])c1. The van der Waals surface area contributed by atoms with Gasteiger partial charge in [0.15, 0.2) is 0 Å². The molecule has 0 bridgehead atoms. The van der Waals surface area contributed by atoms with Gasteiger partial charge in [-0.3, -0.25) is 10.1 Å². The van der Waals surface area contributed by atoms with Gasteiger partial charge in [-0.1, -0.05) is 11.8 Å². The number of ether oxygens (including phenoxy) is 3. The Labute approximate surface area is 144 Å². The number of aliphatic hydroxyl groups excluding tert-OH is 1. The fraction of sp³-hybridized carbons (Fsp3) is 0.222. The van der Waals surface area contributed by atoms with Crippen molar-refractivity contribution in [1.82, 2.24) is 0 Å². The second-order valence-electron chi connectivity index (χ2n) is 4.91. The molecule has 0 atom stereocenters. The van der Waals surface area contributed by atoms with Crippen LogP contribution in [0.15, 0.2) is 30.3 Å². The Morgan fingerprint density at radius 3 is 2.16 bits per heavy atom. The van der Waals surface area contributed by atoms with Gasteiger partial charge in [-0.15, -0.1) is 0 Å². The summed E-state index contributed by atoms with van der Waals surface area (Å²) in [5, 5.41) is 20.6. The summed E-state index contributed by atoms with van der Waals surface area (Å²) in [6.07, 6.45) is 0. The highest BCUT2D eigenvalue weighted by Gasteiger charge is 2.14. The maximum Gasteiger partial charge on any atom is 0.288 e. The molecule has 0 fully saturated rings. The number of nitrogens with zero attached hydrogens (tertiary/aromatic N) is 1. The fourth-order valence-corrected chi connectivity index (χ4v) is 2.25. The Hall–Kier alpha value is -3.24. The highest BCUT2D eigenvalue weighted by atomic mass is 16.6. The predicted octanol–water partition coefficient (Wildman–Crippen LogP) is 2.51. The fourth-order valence-electron chi connectivity index (χ4n) is 2.25. The minimum absolute atomic E-state index is 0.141. The van der Waals surface area contributed by atoms with E-state index in [0.29, 0.717) is 28.4 Å². The molecule has 2 rings (SSSR count). The molecule has 0 aliphatic carbocycles.